The van der Waals surface area contributed by atoms with E-state index in [0.29, 0.717) is 46.7 Å². The smallest absolute Gasteiger partial charge is 0.273 e. The molecule has 2 aromatic heterocycles. The summed E-state index contributed by atoms with van der Waals surface area (Å²) in [7, 11) is 0. The molecule has 0 spiro atoms. The molecule has 11 heteroatoms. The fourth-order valence-corrected chi connectivity index (χ4v) is 6.44. The molecule has 1 aliphatic rings. The third kappa shape index (κ3) is 5.92. The first-order chi connectivity index (χ1) is 21.5. The van der Waals surface area contributed by atoms with E-state index in [2.05, 4.69) is 6.07 Å². The Morgan fingerprint density at radius 1 is 1.02 bits per heavy atom. The SMILES string of the molecule is CC(C)(C)C(=O)/C(C#N)=c1\s/c(=C\c2cn(-c3ccccc3)nc2-c2ccc3c(c2)OCCO3)c(=O)n1-c1ccc(Cl)cc1Cl. The minimum Gasteiger partial charge on any atom is -0.486 e. The molecule has 0 radical (unpaired) electrons. The molecule has 8 nitrogen and oxygen atoms in total. The van der Waals surface area contributed by atoms with E-state index in [-0.39, 0.29) is 19.8 Å². The maximum atomic E-state index is 14.2. The normalized spacial score (nSPS) is 13.8. The van der Waals surface area contributed by atoms with Crippen molar-refractivity contribution in [2.24, 2.45) is 5.41 Å². The molecule has 5 aromatic rings. The van der Waals surface area contributed by atoms with Gasteiger partial charge >= 0.3 is 0 Å². The van der Waals surface area contributed by atoms with Crippen molar-refractivity contribution in [3.8, 4) is 40.2 Å². The van der Waals surface area contributed by atoms with Gasteiger partial charge in [0.05, 0.1) is 20.9 Å². The van der Waals surface area contributed by atoms with Crippen LogP contribution in [0.25, 0.3) is 34.3 Å². The second-order valence-corrected chi connectivity index (χ2v) is 13.2. The molecule has 0 aliphatic carbocycles. The lowest BCUT2D eigenvalue weighted by molar-refractivity contribution is -0.120. The van der Waals surface area contributed by atoms with Gasteiger partial charge in [-0.3, -0.25) is 14.2 Å². The summed E-state index contributed by atoms with van der Waals surface area (Å²) in [5.41, 5.74) is 1.66. The summed E-state index contributed by atoms with van der Waals surface area (Å²) in [6.45, 7) is 6.08. The number of hydrogen-bond donors (Lipinski definition) is 0. The monoisotopic (exact) mass is 656 g/mol. The molecule has 0 N–H and O–H groups in total. The number of nitriles is 1. The van der Waals surface area contributed by atoms with E-state index in [0.717, 1.165) is 22.6 Å². The van der Waals surface area contributed by atoms with Crippen LogP contribution in [0, 0.1) is 16.7 Å². The first kappa shape index (κ1) is 30.4. The van der Waals surface area contributed by atoms with Crippen molar-refractivity contribution in [1.82, 2.24) is 14.3 Å². The number of halogens is 2. The van der Waals surface area contributed by atoms with Gasteiger partial charge in [0.15, 0.2) is 17.3 Å². The van der Waals surface area contributed by atoms with E-state index in [9.17, 15) is 14.9 Å². The standard InChI is InChI=1S/C34H26Cl2N4O4S/c1-34(2,3)31(41)24(18-37)33-40(26-11-10-22(35)17-25(26)36)32(42)29(45-33)16-21-19-39(23-7-5-4-6-8-23)38-30(21)20-9-12-27-28(15-20)44-14-13-43-27/h4-12,15-17,19H,13-14H2,1-3H3/b29-16-,33-24-. The number of benzene rings is 3. The Kier molecular flexibility index (Phi) is 8.14. The number of rotatable bonds is 5. The summed E-state index contributed by atoms with van der Waals surface area (Å²) < 4.78 is 15.0. The van der Waals surface area contributed by atoms with Crippen LogP contribution in [0.5, 0.6) is 11.5 Å². The van der Waals surface area contributed by atoms with Gasteiger partial charge in [-0.15, -0.1) is 11.3 Å². The molecule has 1 aliphatic heterocycles. The van der Waals surface area contributed by atoms with Gasteiger partial charge in [-0.1, -0.05) is 62.2 Å². The number of carbonyl (C=O) groups excluding carboxylic acids is 1. The molecule has 0 saturated heterocycles. The van der Waals surface area contributed by atoms with E-state index in [4.69, 9.17) is 37.8 Å². The highest BCUT2D eigenvalue weighted by Crippen LogP contribution is 2.35. The van der Waals surface area contributed by atoms with Gasteiger partial charge in [-0.05, 0) is 54.6 Å². The van der Waals surface area contributed by atoms with E-state index in [1.165, 1.54) is 10.6 Å². The third-order valence-corrected chi connectivity index (χ3v) is 8.70. The molecule has 0 fully saturated rings. The van der Waals surface area contributed by atoms with Gasteiger partial charge in [-0.2, -0.15) is 10.4 Å². The first-order valence-electron chi connectivity index (χ1n) is 14.0. The lowest BCUT2D eigenvalue weighted by Crippen LogP contribution is -2.33. The fourth-order valence-electron chi connectivity index (χ4n) is 4.86. The number of carbonyl (C=O) groups is 1. The summed E-state index contributed by atoms with van der Waals surface area (Å²) in [5, 5.41) is 15.7. The lowest BCUT2D eigenvalue weighted by Gasteiger charge is -2.18. The quantitative estimate of drug-likeness (QED) is 0.232. The topological polar surface area (TPSA) is 99.1 Å². The Morgan fingerprint density at radius 3 is 2.44 bits per heavy atom. The number of ether oxygens (including phenoxy) is 2. The summed E-state index contributed by atoms with van der Waals surface area (Å²) in [6, 6.07) is 21.9. The molecule has 0 amide bonds. The number of aromatic nitrogens is 3. The van der Waals surface area contributed by atoms with Crippen molar-refractivity contribution in [2.45, 2.75) is 20.8 Å². The summed E-state index contributed by atoms with van der Waals surface area (Å²) >= 11 is 13.8. The molecule has 0 unspecified atom stereocenters. The highest BCUT2D eigenvalue weighted by atomic mass is 35.5. The molecule has 3 aromatic carbocycles. The predicted octanol–water partition coefficient (Wildman–Crippen LogP) is 5.95. The average Bonchev–Trinajstić information content (AvgIpc) is 3.58. The molecule has 0 atom stereocenters. The molecule has 3 heterocycles. The highest BCUT2D eigenvalue weighted by molar-refractivity contribution is 7.07. The number of hydrogen-bond acceptors (Lipinski definition) is 7. The largest absolute Gasteiger partial charge is 0.486 e. The summed E-state index contributed by atoms with van der Waals surface area (Å²) in [4.78, 5) is 27.6. The Labute approximate surface area is 272 Å². The second kappa shape index (κ2) is 12.1. The van der Waals surface area contributed by atoms with Gasteiger partial charge in [-0.25, -0.2) is 4.68 Å². The van der Waals surface area contributed by atoms with Crippen LogP contribution >= 0.6 is 34.5 Å². The zero-order chi connectivity index (χ0) is 31.9. The molecular weight excluding hydrogens is 631 g/mol. The van der Waals surface area contributed by atoms with Gasteiger partial charge in [0, 0.05) is 27.8 Å². The Morgan fingerprint density at radius 2 is 1.76 bits per heavy atom. The van der Waals surface area contributed by atoms with Crippen molar-refractivity contribution in [3.63, 3.8) is 0 Å². The first-order valence-corrected chi connectivity index (χ1v) is 15.6. The maximum absolute atomic E-state index is 14.2. The second-order valence-electron chi connectivity index (χ2n) is 11.3. The zero-order valence-corrected chi connectivity index (χ0v) is 26.8. The summed E-state index contributed by atoms with van der Waals surface area (Å²) in [6.07, 6.45) is 3.54. The fraction of sp³-hybridized carbons (Fsp3) is 0.176. The van der Waals surface area contributed by atoms with Gasteiger partial charge in [0.1, 0.15) is 35.2 Å². The van der Waals surface area contributed by atoms with E-state index in [1.54, 1.807) is 43.7 Å². The van der Waals surface area contributed by atoms with Crippen molar-refractivity contribution in [3.05, 3.63) is 108 Å². The number of ketones is 1. The third-order valence-electron chi connectivity index (χ3n) is 7.07. The summed E-state index contributed by atoms with van der Waals surface area (Å²) in [5.74, 6) is 0.850. The molecule has 0 bridgehead atoms. The van der Waals surface area contributed by atoms with Gasteiger partial charge in [0.2, 0.25) is 0 Å². The number of para-hydroxylation sites is 1. The molecule has 0 saturated carbocycles. The van der Waals surface area contributed by atoms with Crippen LogP contribution in [0.2, 0.25) is 10.0 Å². The Hall–Kier alpha value is -4.62. The van der Waals surface area contributed by atoms with Crippen LogP contribution < -0.4 is 24.2 Å². The van der Waals surface area contributed by atoms with Crippen LogP contribution in [0.3, 0.4) is 0 Å². The van der Waals surface area contributed by atoms with Crippen LogP contribution in [0.1, 0.15) is 26.3 Å². The molecular formula is C34H26Cl2N4O4S. The number of thiazole rings is 1. The maximum Gasteiger partial charge on any atom is 0.273 e. The van der Waals surface area contributed by atoms with E-state index in [1.807, 2.05) is 54.7 Å². The van der Waals surface area contributed by atoms with Crippen molar-refractivity contribution < 1.29 is 14.3 Å². The van der Waals surface area contributed by atoms with Crippen molar-refractivity contribution in [1.29, 1.82) is 5.26 Å². The van der Waals surface area contributed by atoms with E-state index >= 15 is 0 Å². The van der Waals surface area contributed by atoms with Crippen LogP contribution in [-0.2, 0) is 4.79 Å². The van der Waals surface area contributed by atoms with Gasteiger partial charge in [0.25, 0.3) is 5.56 Å². The van der Waals surface area contributed by atoms with E-state index < -0.39 is 16.8 Å². The van der Waals surface area contributed by atoms with Crippen LogP contribution in [0.15, 0.2) is 77.7 Å². The van der Waals surface area contributed by atoms with Crippen molar-refractivity contribution in [2.75, 3.05) is 13.2 Å². The minimum absolute atomic E-state index is 0.137. The average molecular weight is 658 g/mol. The Balaban J connectivity index is 1.65. The molecule has 226 valence electrons. The van der Waals surface area contributed by atoms with Gasteiger partial charge < -0.3 is 9.47 Å². The number of fused-ring (bicyclic) bond motifs is 1. The molecule has 6 rings (SSSR count). The Bertz CT molecular complexity index is 2190. The van der Waals surface area contributed by atoms with Crippen molar-refractivity contribution >= 4 is 52.0 Å². The minimum atomic E-state index is -0.869. The highest BCUT2D eigenvalue weighted by Gasteiger charge is 2.28. The molecule has 45 heavy (non-hydrogen) atoms. The van der Waals surface area contributed by atoms with Crippen LogP contribution in [-0.4, -0.2) is 33.3 Å². The number of Topliss-reactive ketones (excluding diaryl/α,β-unsaturated/α-hetero) is 1. The van der Waals surface area contributed by atoms with Crippen LogP contribution in [0.4, 0.5) is 0 Å². The number of nitrogens with zero attached hydrogens (tertiary/aromatic N) is 4. The zero-order valence-electron chi connectivity index (χ0n) is 24.5. The lowest BCUT2D eigenvalue weighted by atomic mass is 9.87. The predicted molar refractivity (Wildman–Crippen MR) is 176 cm³/mol.